The number of rotatable bonds is 1. The van der Waals surface area contributed by atoms with Crippen LogP contribution in [-0.4, -0.2) is 0 Å². The highest BCUT2D eigenvalue weighted by Crippen LogP contribution is 2.47. The zero-order valence-electron chi connectivity index (χ0n) is 13.0. The van der Waals surface area contributed by atoms with Gasteiger partial charge in [-0.1, -0.05) is 66.7 Å². The van der Waals surface area contributed by atoms with Crippen LogP contribution in [0.3, 0.4) is 0 Å². The highest BCUT2D eigenvalue weighted by atomic mass is 16.5. The number of para-hydroxylation sites is 3. The van der Waals surface area contributed by atoms with E-state index in [0.717, 1.165) is 28.4 Å². The summed E-state index contributed by atoms with van der Waals surface area (Å²) in [5.74, 6) is 1.72. The van der Waals surface area contributed by atoms with Crippen LogP contribution in [0.1, 0.15) is 0 Å². The van der Waals surface area contributed by atoms with Crippen molar-refractivity contribution in [1.29, 1.82) is 0 Å². The standard InChI is InChI=1S/C22H15NO/c1-2-9-16-15(7-1)8-5-10-17(16)18-11-6-14-21-22(18)23-19-12-3-4-13-20(19)24-21/h1-14,23H. The van der Waals surface area contributed by atoms with Gasteiger partial charge >= 0.3 is 0 Å². The van der Waals surface area contributed by atoms with Crippen molar-refractivity contribution in [1.82, 2.24) is 0 Å². The van der Waals surface area contributed by atoms with Crippen molar-refractivity contribution in [2.24, 2.45) is 0 Å². The topological polar surface area (TPSA) is 21.3 Å². The number of ether oxygens (including phenoxy) is 1. The molecule has 0 bridgehead atoms. The fourth-order valence-electron chi connectivity index (χ4n) is 3.34. The normalized spacial score (nSPS) is 12.0. The predicted molar refractivity (Wildman–Crippen MR) is 99.2 cm³/mol. The Morgan fingerprint density at radius 3 is 2.29 bits per heavy atom. The van der Waals surface area contributed by atoms with Crippen molar-refractivity contribution >= 4 is 22.1 Å². The molecule has 1 heterocycles. The van der Waals surface area contributed by atoms with Crippen molar-refractivity contribution in [3.63, 3.8) is 0 Å². The number of fused-ring (bicyclic) bond motifs is 3. The molecule has 4 aromatic rings. The smallest absolute Gasteiger partial charge is 0.151 e. The van der Waals surface area contributed by atoms with Crippen LogP contribution in [0.15, 0.2) is 84.9 Å². The summed E-state index contributed by atoms with van der Waals surface area (Å²) in [7, 11) is 0. The van der Waals surface area contributed by atoms with E-state index < -0.39 is 0 Å². The highest BCUT2D eigenvalue weighted by Gasteiger charge is 2.20. The van der Waals surface area contributed by atoms with E-state index in [4.69, 9.17) is 4.74 Å². The molecule has 5 rings (SSSR count). The molecule has 0 radical (unpaired) electrons. The Kier molecular flexibility index (Phi) is 2.83. The minimum Gasteiger partial charge on any atom is -0.453 e. The summed E-state index contributed by atoms with van der Waals surface area (Å²) in [6.07, 6.45) is 0. The van der Waals surface area contributed by atoms with Gasteiger partial charge in [0, 0.05) is 5.56 Å². The van der Waals surface area contributed by atoms with Gasteiger partial charge < -0.3 is 10.1 Å². The fraction of sp³-hybridized carbons (Fsp3) is 0. The molecular weight excluding hydrogens is 294 g/mol. The van der Waals surface area contributed by atoms with Gasteiger partial charge in [0.2, 0.25) is 0 Å². The Bertz CT molecular complexity index is 1060. The second-order valence-electron chi connectivity index (χ2n) is 5.93. The maximum absolute atomic E-state index is 6.09. The first kappa shape index (κ1) is 13.2. The summed E-state index contributed by atoms with van der Waals surface area (Å²) in [6.45, 7) is 0. The van der Waals surface area contributed by atoms with Crippen molar-refractivity contribution in [2.45, 2.75) is 0 Å². The first-order valence-corrected chi connectivity index (χ1v) is 8.05. The minimum absolute atomic E-state index is 0.860. The Labute approximate surface area is 140 Å². The lowest BCUT2D eigenvalue weighted by atomic mass is 9.96. The third-order valence-electron chi connectivity index (χ3n) is 4.47. The third-order valence-corrected chi connectivity index (χ3v) is 4.47. The van der Waals surface area contributed by atoms with Gasteiger partial charge in [-0.15, -0.1) is 0 Å². The van der Waals surface area contributed by atoms with Crippen LogP contribution < -0.4 is 10.1 Å². The van der Waals surface area contributed by atoms with Crippen LogP contribution in [0.5, 0.6) is 11.5 Å². The fourth-order valence-corrected chi connectivity index (χ4v) is 3.34. The summed E-state index contributed by atoms with van der Waals surface area (Å²) < 4.78 is 6.09. The molecule has 0 aromatic heterocycles. The molecule has 0 spiro atoms. The van der Waals surface area contributed by atoms with Crippen molar-refractivity contribution in [3.8, 4) is 22.6 Å². The summed E-state index contributed by atoms with van der Waals surface area (Å²) in [5.41, 5.74) is 4.38. The number of nitrogens with one attached hydrogen (secondary N) is 1. The number of hydrogen-bond acceptors (Lipinski definition) is 2. The molecule has 2 heteroatoms. The average Bonchev–Trinajstić information content (AvgIpc) is 2.65. The van der Waals surface area contributed by atoms with E-state index in [9.17, 15) is 0 Å². The van der Waals surface area contributed by atoms with E-state index in [1.807, 2.05) is 36.4 Å². The van der Waals surface area contributed by atoms with Crippen molar-refractivity contribution in [2.75, 3.05) is 5.32 Å². The van der Waals surface area contributed by atoms with Crippen LogP contribution in [0.2, 0.25) is 0 Å². The summed E-state index contributed by atoms with van der Waals surface area (Å²) >= 11 is 0. The lowest BCUT2D eigenvalue weighted by Crippen LogP contribution is -2.04. The third kappa shape index (κ3) is 1.97. The minimum atomic E-state index is 0.860. The van der Waals surface area contributed by atoms with E-state index in [2.05, 4.69) is 53.8 Å². The van der Waals surface area contributed by atoms with Gasteiger partial charge in [0.25, 0.3) is 0 Å². The van der Waals surface area contributed by atoms with Gasteiger partial charge in [0.05, 0.1) is 11.4 Å². The second-order valence-corrected chi connectivity index (χ2v) is 5.93. The molecule has 114 valence electrons. The second kappa shape index (κ2) is 5.14. The van der Waals surface area contributed by atoms with Crippen LogP contribution in [0, 0.1) is 0 Å². The van der Waals surface area contributed by atoms with Gasteiger partial charge in [-0.25, -0.2) is 0 Å². The molecule has 1 aliphatic rings. The maximum atomic E-state index is 6.09. The molecule has 0 atom stereocenters. The number of hydrogen-bond donors (Lipinski definition) is 1. The first-order chi connectivity index (χ1) is 11.9. The number of anilines is 2. The van der Waals surface area contributed by atoms with E-state index in [1.54, 1.807) is 0 Å². The highest BCUT2D eigenvalue weighted by molar-refractivity contribution is 6.01. The van der Waals surface area contributed by atoms with E-state index in [0.29, 0.717) is 0 Å². The predicted octanol–water partition coefficient (Wildman–Crippen LogP) is 6.36. The largest absolute Gasteiger partial charge is 0.453 e. The van der Waals surface area contributed by atoms with Gasteiger partial charge in [-0.05, 0) is 34.5 Å². The van der Waals surface area contributed by atoms with E-state index in [1.165, 1.54) is 16.3 Å². The summed E-state index contributed by atoms with van der Waals surface area (Å²) in [6, 6.07) is 29.1. The van der Waals surface area contributed by atoms with Gasteiger partial charge in [-0.3, -0.25) is 0 Å². The SMILES string of the molecule is c1ccc2c(c1)Nc1c(cccc1-c1cccc3ccccc13)O2. The van der Waals surface area contributed by atoms with Crippen LogP contribution in [-0.2, 0) is 0 Å². The van der Waals surface area contributed by atoms with Crippen molar-refractivity contribution < 1.29 is 4.74 Å². The Morgan fingerprint density at radius 1 is 0.583 bits per heavy atom. The molecule has 2 nitrogen and oxygen atoms in total. The van der Waals surface area contributed by atoms with E-state index >= 15 is 0 Å². The first-order valence-electron chi connectivity index (χ1n) is 8.05. The summed E-state index contributed by atoms with van der Waals surface area (Å²) in [4.78, 5) is 0. The zero-order chi connectivity index (χ0) is 15.9. The van der Waals surface area contributed by atoms with Gasteiger partial charge in [0.1, 0.15) is 0 Å². The Morgan fingerprint density at radius 2 is 1.29 bits per heavy atom. The van der Waals surface area contributed by atoms with E-state index in [-0.39, 0.29) is 0 Å². The Balaban J connectivity index is 1.74. The lowest BCUT2D eigenvalue weighted by Gasteiger charge is -2.24. The van der Waals surface area contributed by atoms with Crippen LogP contribution in [0.4, 0.5) is 11.4 Å². The molecule has 0 saturated heterocycles. The Hall–Kier alpha value is -3.26. The molecule has 1 N–H and O–H groups in total. The maximum Gasteiger partial charge on any atom is 0.151 e. The molecule has 0 saturated carbocycles. The molecule has 0 fully saturated rings. The number of benzene rings is 4. The molecule has 0 amide bonds. The quantitative estimate of drug-likeness (QED) is 0.389. The van der Waals surface area contributed by atoms with Gasteiger partial charge in [-0.2, -0.15) is 0 Å². The van der Waals surface area contributed by atoms with Gasteiger partial charge in [0.15, 0.2) is 11.5 Å². The molecule has 0 unspecified atom stereocenters. The molecule has 24 heavy (non-hydrogen) atoms. The molecular formula is C22H15NO. The summed E-state index contributed by atoms with van der Waals surface area (Å²) in [5, 5.41) is 6.03. The van der Waals surface area contributed by atoms with Crippen LogP contribution in [0.25, 0.3) is 21.9 Å². The monoisotopic (exact) mass is 309 g/mol. The molecule has 1 aliphatic heterocycles. The average molecular weight is 309 g/mol. The van der Waals surface area contributed by atoms with Crippen molar-refractivity contribution in [3.05, 3.63) is 84.9 Å². The lowest BCUT2D eigenvalue weighted by molar-refractivity contribution is 0.481. The van der Waals surface area contributed by atoms with Crippen LogP contribution >= 0.6 is 0 Å². The molecule has 4 aromatic carbocycles. The molecule has 0 aliphatic carbocycles. The zero-order valence-corrected chi connectivity index (χ0v) is 13.0.